The van der Waals surface area contributed by atoms with E-state index < -0.39 is 0 Å². The van der Waals surface area contributed by atoms with E-state index in [4.69, 9.17) is 4.42 Å². The number of piperazine rings is 1. The van der Waals surface area contributed by atoms with E-state index in [9.17, 15) is 0 Å². The second-order valence-corrected chi connectivity index (χ2v) is 6.20. The summed E-state index contributed by atoms with van der Waals surface area (Å²) in [4.78, 5) is 17.6. The first-order valence-electron chi connectivity index (χ1n) is 8.42. The lowest BCUT2D eigenvalue weighted by Crippen LogP contribution is -2.46. The van der Waals surface area contributed by atoms with Crippen molar-refractivity contribution in [1.29, 1.82) is 0 Å². The largest absolute Gasteiger partial charge is 0.423 e. The van der Waals surface area contributed by atoms with E-state index in [1.165, 1.54) is 5.69 Å². The fourth-order valence-electron chi connectivity index (χ4n) is 3.32. The number of aromatic nitrogens is 3. The highest BCUT2D eigenvalue weighted by molar-refractivity contribution is 5.81. The van der Waals surface area contributed by atoms with Gasteiger partial charge in [-0.15, -0.1) is 0 Å². The van der Waals surface area contributed by atoms with Gasteiger partial charge in [0.1, 0.15) is 11.8 Å². The van der Waals surface area contributed by atoms with Crippen LogP contribution in [-0.4, -0.2) is 41.1 Å². The van der Waals surface area contributed by atoms with Gasteiger partial charge in [-0.1, -0.05) is 12.1 Å². The lowest BCUT2D eigenvalue weighted by Gasteiger charge is -2.35. The van der Waals surface area contributed by atoms with Gasteiger partial charge in [0.2, 0.25) is 0 Å². The molecular weight excluding hydrogens is 314 g/mol. The monoisotopic (exact) mass is 331 g/mol. The first kappa shape index (κ1) is 14.2. The van der Waals surface area contributed by atoms with Gasteiger partial charge in [-0.25, -0.2) is 9.97 Å². The van der Waals surface area contributed by atoms with Crippen LogP contribution in [0.3, 0.4) is 0 Å². The number of benzene rings is 2. The number of para-hydroxylation sites is 2. The Morgan fingerprint density at radius 1 is 0.880 bits per heavy atom. The first-order valence-corrected chi connectivity index (χ1v) is 8.42. The standard InChI is InChI=1S/C19H17N5O/c1-2-4-18-17(3-1)22-19(25-18)24-9-7-23(8-10-24)15-5-6-16-14(11-15)12-20-13-21-16/h1-6,11-13H,7-10H2. The lowest BCUT2D eigenvalue weighted by molar-refractivity contribution is 0.542. The average Bonchev–Trinajstić information content (AvgIpc) is 3.12. The zero-order valence-electron chi connectivity index (χ0n) is 13.7. The minimum absolute atomic E-state index is 0.716. The second kappa shape index (κ2) is 5.73. The second-order valence-electron chi connectivity index (χ2n) is 6.20. The molecule has 4 aromatic rings. The molecule has 0 aliphatic carbocycles. The van der Waals surface area contributed by atoms with E-state index in [0.717, 1.165) is 48.2 Å². The molecule has 0 saturated carbocycles. The molecule has 2 aromatic heterocycles. The molecule has 0 N–H and O–H groups in total. The Hall–Kier alpha value is -3.15. The third-order valence-corrected chi connectivity index (χ3v) is 4.69. The number of rotatable bonds is 2. The highest BCUT2D eigenvalue weighted by atomic mass is 16.4. The van der Waals surface area contributed by atoms with Crippen molar-refractivity contribution >= 4 is 33.7 Å². The molecule has 0 unspecified atom stereocenters. The van der Waals surface area contributed by atoms with Crippen LogP contribution < -0.4 is 9.80 Å². The molecule has 25 heavy (non-hydrogen) atoms. The summed E-state index contributed by atoms with van der Waals surface area (Å²) in [5.74, 6) is 0. The van der Waals surface area contributed by atoms with E-state index in [-0.39, 0.29) is 0 Å². The summed E-state index contributed by atoms with van der Waals surface area (Å²) in [6.45, 7) is 3.63. The van der Waals surface area contributed by atoms with Crippen LogP contribution in [0.5, 0.6) is 0 Å². The Balaban J connectivity index is 1.34. The molecule has 0 bridgehead atoms. The molecule has 0 radical (unpaired) electrons. The Morgan fingerprint density at radius 2 is 1.72 bits per heavy atom. The van der Waals surface area contributed by atoms with E-state index in [1.54, 1.807) is 6.33 Å². The normalized spacial score (nSPS) is 15.2. The summed E-state index contributed by atoms with van der Waals surface area (Å²) in [7, 11) is 0. The Kier molecular flexibility index (Phi) is 3.26. The van der Waals surface area contributed by atoms with Crippen LogP contribution >= 0.6 is 0 Å². The molecule has 6 nitrogen and oxygen atoms in total. The maximum Gasteiger partial charge on any atom is 0.298 e. The van der Waals surface area contributed by atoms with Crippen LogP contribution in [0.15, 0.2) is 59.4 Å². The van der Waals surface area contributed by atoms with Crippen molar-refractivity contribution in [2.75, 3.05) is 36.0 Å². The molecular formula is C19H17N5O. The minimum atomic E-state index is 0.716. The van der Waals surface area contributed by atoms with Crippen molar-refractivity contribution in [2.45, 2.75) is 0 Å². The smallest absolute Gasteiger partial charge is 0.298 e. The SMILES string of the molecule is c1ccc2oc(N3CCN(c4ccc5ncncc5c4)CC3)nc2c1. The quantitative estimate of drug-likeness (QED) is 0.562. The van der Waals surface area contributed by atoms with Crippen molar-refractivity contribution in [3.63, 3.8) is 0 Å². The summed E-state index contributed by atoms with van der Waals surface area (Å²) in [6, 6.07) is 14.9. The number of anilines is 2. The molecule has 3 heterocycles. The maximum absolute atomic E-state index is 5.89. The Bertz CT molecular complexity index is 1000. The third-order valence-electron chi connectivity index (χ3n) is 4.69. The van der Waals surface area contributed by atoms with Crippen LogP contribution in [0.1, 0.15) is 0 Å². The maximum atomic E-state index is 5.89. The molecule has 0 amide bonds. The van der Waals surface area contributed by atoms with Gasteiger partial charge in [0.05, 0.1) is 5.52 Å². The average molecular weight is 331 g/mol. The molecule has 0 spiro atoms. The van der Waals surface area contributed by atoms with Crippen molar-refractivity contribution < 1.29 is 4.42 Å². The number of nitrogens with zero attached hydrogens (tertiary/aromatic N) is 5. The van der Waals surface area contributed by atoms with Crippen LogP contribution in [-0.2, 0) is 0 Å². The molecule has 6 heteroatoms. The van der Waals surface area contributed by atoms with E-state index in [2.05, 4.69) is 43.0 Å². The molecule has 1 fully saturated rings. The molecule has 5 rings (SSSR count). The molecule has 124 valence electrons. The predicted molar refractivity (Wildman–Crippen MR) is 98.0 cm³/mol. The zero-order valence-corrected chi connectivity index (χ0v) is 13.7. The summed E-state index contributed by atoms with van der Waals surface area (Å²) in [6.07, 6.45) is 3.45. The van der Waals surface area contributed by atoms with E-state index >= 15 is 0 Å². The Labute approximate surface area is 144 Å². The summed E-state index contributed by atoms with van der Waals surface area (Å²) in [5.41, 5.74) is 3.94. The van der Waals surface area contributed by atoms with Crippen molar-refractivity contribution in [3.8, 4) is 0 Å². The predicted octanol–water partition coefficient (Wildman–Crippen LogP) is 3.10. The van der Waals surface area contributed by atoms with E-state index in [1.807, 2.05) is 30.5 Å². The van der Waals surface area contributed by atoms with Crippen LogP contribution in [0.4, 0.5) is 11.7 Å². The van der Waals surface area contributed by atoms with Gasteiger partial charge in [0, 0.05) is 43.4 Å². The van der Waals surface area contributed by atoms with Crippen LogP contribution in [0.2, 0.25) is 0 Å². The highest BCUT2D eigenvalue weighted by Gasteiger charge is 2.21. The number of fused-ring (bicyclic) bond motifs is 2. The van der Waals surface area contributed by atoms with Crippen molar-refractivity contribution in [2.24, 2.45) is 0 Å². The first-order chi connectivity index (χ1) is 12.4. The van der Waals surface area contributed by atoms with Gasteiger partial charge >= 0.3 is 0 Å². The van der Waals surface area contributed by atoms with Gasteiger partial charge < -0.3 is 14.2 Å². The Morgan fingerprint density at radius 3 is 2.60 bits per heavy atom. The van der Waals surface area contributed by atoms with Gasteiger partial charge in [-0.2, -0.15) is 4.98 Å². The topological polar surface area (TPSA) is 58.3 Å². The molecule has 1 aliphatic heterocycles. The molecule has 0 atom stereocenters. The molecule has 1 aliphatic rings. The number of hydrogen-bond donors (Lipinski definition) is 0. The highest BCUT2D eigenvalue weighted by Crippen LogP contribution is 2.25. The van der Waals surface area contributed by atoms with Gasteiger partial charge in [-0.05, 0) is 30.3 Å². The van der Waals surface area contributed by atoms with Gasteiger partial charge in [-0.3, -0.25) is 0 Å². The minimum Gasteiger partial charge on any atom is -0.423 e. The number of oxazole rings is 1. The molecule has 2 aromatic carbocycles. The van der Waals surface area contributed by atoms with E-state index in [0.29, 0.717) is 6.01 Å². The van der Waals surface area contributed by atoms with Crippen molar-refractivity contribution in [1.82, 2.24) is 15.0 Å². The van der Waals surface area contributed by atoms with Gasteiger partial charge in [0.25, 0.3) is 6.01 Å². The summed E-state index contributed by atoms with van der Waals surface area (Å²) >= 11 is 0. The summed E-state index contributed by atoms with van der Waals surface area (Å²) in [5, 5.41) is 1.07. The lowest BCUT2D eigenvalue weighted by atomic mass is 10.2. The zero-order chi connectivity index (χ0) is 16.6. The fourth-order valence-corrected chi connectivity index (χ4v) is 3.32. The third kappa shape index (κ3) is 2.55. The fraction of sp³-hybridized carbons (Fsp3) is 0.211. The van der Waals surface area contributed by atoms with Crippen molar-refractivity contribution in [3.05, 3.63) is 55.0 Å². The molecule has 1 saturated heterocycles. The van der Waals surface area contributed by atoms with Crippen LogP contribution in [0.25, 0.3) is 22.0 Å². The van der Waals surface area contributed by atoms with Crippen LogP contribution in [0, 0.1) is 0 Å². The summed E-state index contributed by atoms with van der Waals surface area (Å²) < 4.78 is 5.89. The number of hydrogen-bond acceptors (Lipinski definition) is 6. The van der Waals surface area contributed by atoms with Gasteiger partial charge in [0.15, 0.2) is 5.58 Å².